The molecule has 0 saturated heterocycles. The number of aryl methyl sites for hydroxylation is 1. The smallest absolute Gasteiger partial charge is 0.336 e. The number of benzene rings is 1. The third-order valence-corrected chi connectivity index (χ3v) is 4.60. The molecule has 9 nitrogen and oxygen atoms in total. The maximum absolute atomic E-state index is 11.6. The van der Waals surface area contributed by atoms with Gasteiger partial charge in [-0.3, -0.25) is 20.2 Å². The molecule has 0 aliphatic rings. The SMILES string of the molecule is Cc1ccc2nc(-c3sc([N+](=O)[O-])cc3[N+](=O)[O-])cc(C(=O)O)c2c1. The van der Waals surface area contributed by atoms with Crippen LogP contribution >= 0.6 is 11.3 Å². The summed E-state index contributed by atoms with van der Waals surface area (Å²) < 4.78 is 0. The van der Waals surface area contributed by atoms with Gasteiger partial charge >= 0.3 is 11.0 Å². The van der Waals surface area contributed by atoms with E-state index >= 15 is 0 Å². The van der Waals surface area contributed by atoms with Gasteiger partial charge in [0.25, 0.3) is 5.69 Å². The lowest BCUT2D eigenvalue weighted by molar-refractivity contribution is -0.389. The molecule has 0 unspecified atom stereocenters. The summed E-state index contributed by atoms with van der Waals surface area (Å²) >= 11 is 0.585. The maximum atomic E-state index is 11.6. The zero-order valence-corrected chi connectivity index (χ0v) is 13.4. The minimum Gasteiger partial charge on any atom is -0.478 e. The second-order valence-corrected chi connectivity index (χ2v) is 6.22. The van der Waals surface area contributed by atoms with Crippen molar-refractivity contribution in [1.82, 2.24) is 4.98 Å². The Labute approximate surface area is 143 Å². The Kier molecular flexibility index (Phi) is 3.89. The summed E-state index contributed by atoms with van der Waals surface area (Å²) in [5, 5.41) is 31.6. The van der Waals surface area contributed by atoms with Gasteiger partial charge < -0.3 is 5.11 Å². The van der Waals surface area contributed by atoms with Gasteiger partial charge in [0.2, 0.25) is 0 Å². The minimum atomic E-state index is -1.21. The number of rotatable bonds is 4. The van der Waals surface area contributed by atoms with E-state index in [0.29, 0.717) is 22.2 Å². The zero-order valence-electron chi connectivity index (χ0n) is 12.6. The summed E-state index contributed by atoms with van der Waals surface area (Å²) in [6, 6.07) is 7.04. The second-order valence-electron chi connectivity index (χ2n) is 5.19. The van der Waals surface area contributed by atoms with Crippen LogP contribution in [0.3, 0.4) is 0 Å². The van der Waals surface area contributed by atoms with E-state index in [0.717, 1.165) is 11.6 Å². The number of hydrogen-bond acceptors (Lipinski definition) is 7. The van der Waals surface area contributed by atoms with Crippen LogP contribution in [0, 0.1) is 27.2 Å². The molecule has 1 aromatic carbocycles. The molecule has 0 aliphatic heterocycles. The number of carboxylic acids is 1. The number of fused-ring (bicyclic) bond motifs is 1. The van der Waals surface area contributed by atoms with Gasteiger partial charge in [-0.05, 0) is 25.1 Å². The molecular formula is C15H9N3O6S. The molecule has 25 heavy (non-hydrogen) atoms. The van der Waals surface area contributed by atoms with Crippen LogP contribution < -0.4 is 0 Å². The van der Waals surface area contributed by atoms with Crippen molar-refractivity contribution < 1.29 is 19.7 Å². The van der Waals surface area contributed by atoms with E-state index in [4.69, 9.17) is 0 Å². The Balaban J connectivity index is 2.33. The van der Waals surface area contributed by atoms with Crippen LogP contribution in [0.2, 0.25) is 0 Å². The van der Waals surface area contributed by atoms with Crippen LogP contribution in [-0.4, -0.2) is 25.9 Å². The zero-order chi connectivity index (χ0) is 18.3. The van der Waals surface area contributed by atoms with Crippen molar-refractivity contribution in [3.05, 3.63) is 61.7 Å². The first-order chi connectivity index (χ1) is 11.8. The maximum Gasteiger partial charge on any atom is 0.336 e. The number of carbonyl (C=O) groups is 1. The highest BCUT2D eigenvalue weighted by atomic mass is 32.1. The first-order valence-electron chi connectivity index (χ1n) is 6.85. The first-order valence-corrected chi connectivity index (χ1v) is 7.67. The molecule has 0 aliphatic carbocycles. The molecule has 0 fully saturated rings. The van der Waals surface area contributed by atoms with Gasteiger partial charge in [0, 0.05) is 5.39 Å². The summed E-state index contributed by atoms with van der Waals surface area (Å²) in [4.78, 5) is 36.4. The lowest BCUT2D eigenvalue weighted by Gasteiger charge is -2.06. The molecule has 0 bridgehead atoms. The number of hydrogen-bond donors (Lipinski definition) is 1. The summed E-state index contributed by atoms with van der Waals surface area (Å²) in [6.07, 6.45) is 0. The molecule has 0 atom stereocenters. The molecule has 0 radical (unpaired) electrons. The molecule has 3 aromatic rings. The fourth-order valence-electron chi connectivity index (χ4n) is 2.41. The molecule has 0 amide bonds. The number of pyridine rings is 1. The third kappa shape index (κ3) is 2.90. The Hall–Kier alpha value is -3.40. The highest BCUT2D eigenvalue weighted by molar-refractivity contribution is 7.19. The normalized spacial score (nSPS) is 10.8. The Bertz CT molecular complexity index is 1060. The standard InChI is InChI=1S/C15H9N3O6S/c1-7-2-3-10-8(4-7)9(15(19)20)5-11(16-10)14-12(17(21)22)6-13(25-14)18(23)24/h2-6H,1H3,(H,19,20). The van der Waals surface area contributed by atoms with E-state index in [2.05, 4.69) is 4.98 Å². The van der Waals surface area contributed by atoms with E-state index in [1.165, 1.54) is 6.07 Å². The van der Waals surface area contributed by atoms with Gasteiger partial charge in [-0.2, -0.15) is 0 Å². The van der Waals surface area contributed by atoms with E-state index < -0.39 is 26.5 Å². The van der Waals surface area contributed by atoms with Gasteiger partial charge in [-0.1, -0.05) is 23.0 Å². The van der Waals surface area contributed by atoms with Crippen molar-refractivity contribution in [3.8, 4) is 10.6 Å². The van der Waals surface area contributed by atoms with Crippen LogP contribution in [0.25, 0.3) is 21.5 Å². The predicted octanol–water partition coefficient (Wildman–Crippen LogP) is 3.79. The predicted molar refractivity (Wildman–Crippen MR) is 90.1 cm³/mol. The Morgan fingerprint density at radius 2 is 1.88 bits per heavy atom. The first kappa shape index (κ1) is 16.5. The van der Waals surface area contributed by atoms with Crippen molar-refractivity contribution in [2.45, 2.75) is 6.92 Å². The summed E-state index contributed by atoms with van der Waals surface area (Å²) in [6.45, 7) is 1.80. The number of nitro groups is 2. The van der Waals surface area contributed by atoms with Gasteiger partial charge in [0.15, 0.2) is 0 Å². The lowest BCUT2D eigenvalue weighted by atomic mass is 10.0. The van der Waals surface area contributed by atoms with Crippen LogP contribution in [0.15, 0.2) is 30.3 Å². The fourth-order valence-corrected chi connectivity index (χ4v) is 3.31. The summed E-state index contributed by atoms with van der Waals surface area (Å²) in [5.74, 6) is -1.21. The van der Waals surface area contributed by atoms with Gasteiger partial charge in [0.1, 0.15) is 10.9 Å². The molecule has 0 saturated carbocycles. The summed E-state index contributed by atoms with van der Waals surface area (Å²) in [5.41, 5.74) is 0.632. The van der Waals surface area contributed by atoms with E-state index in [1.807, 2.05) is 0 Å². The number of nitrogens with zero attached hydrogens (tertiary/aromatic N) is 3. The summed E-state index contributed by atoms with van der Waals surface area (Å²) in [7, 11) is 0. The number of aromatic carboxylic acids is 1. The Morgan fingerprint density at radius 3 is 2.48 bits per heavy atom. The van der Waals surface area contributed by atoms with Crippen LogP contribution in [0.5, 0.6) is 0 Å². The lowest BCUT2D eigenvalue weighted by Crippen LogP contribution is -2.00. The highest BCUT2D eigenvalue weighted by Gasteiger charge is 2.28. The molecule has 10 heteroatoms. The average molecular weight is 359 g/mol. The third-order valence-electron chi connectivity index (χ3n) is 3.50. The highest BCUT2D eigenvalue weighted by Crippen LogP contribution is 2.42. The van der Waals surface area contributed by atoms with Crippen molar-refractivity contribution in [1.29, 1.82) is 0 Å². The topological polar surface area (TPSA) is 136 Å². The molecule has 126 valence electrons. The Morgan fingerprint density at radius 1 is 1.16 bits per heavy atom. The molecule has 3 rings (SSSR count). The van der Waals surface area contributed by atoms with Gasteiger partial charge in [-0.25, -0.2) is 9.78 Å². The van der Waals surface area contributed by atoms with E-state index in [9.17, 15) is 30.1 Å². The minimum absolute atomic E-state index is 0.0125. The molecular weight excluding hydrogens is 350 g/mol. The van der Waals surface area contributed by atoms with E-state index in [1.54, 1.807) is 25.1 Å². The van der Waals surface area contributed by atoms with Crippen LogP contribution in [0.4, 0.5) is 10.7 Å². The van der Waals surface area contributed by atoms with Gasteiger partial charge in [-0.15, -0.1) is 0 Å². The van der Waals surface area contributed by atoms with Crippen LogP contribution in [0.1, 0.15) is 15.9 Å². The fraction of sp³-hybridized carbons (Fsp3) is 0.0667. The number of thiophene rings is 1. The number of carboxylic acid groups (broad SMARTS) is 1. The monoisotopic (exact) mass is 359 g/mol. The molecule has 1 N–H and O–H groups in total. The van der Waals surface area contributed by atoms with Crippen molar-refractivity contribution in [2.24, 2.45) is 0 Å². The second kappa shape index (κ2) is 5.91. The quantitative estimate of drug-likeness (QED) is 0.552. The molecule has 2 heterocycles. The average Bonchev–Trinajstić information content (AvgIpc) is 2.99. The van der Waals surface area contributed by atoms with Crippen LogP contribution in [-0.2, 0) is 0 Å². The molecule has 2 aromatic heterocycles. The molecule has 0 spiro atoms. The van der Waals surface area contributed by atoms with Gasteiger partial charge in [0.05, 0.1) is 26.6 Å². The largest absolute Gasteiger partial charge is 0.478 e. The van der Waals surface area contributed by atoms with E-state index in [-0.39, 0.29) is 16.1 Å². The van der Waals surface area contributed by atoms with Crippen molar-refractivity contribution >= 4 is 38.9 Å². The van der Waals surface area contributed by atoms with Crippen molar-refractivity contribution in [2.75, 3.05) is 0 Å². The number of aromatic nitrogens is 1. The van der Waals surface area contributed by atoms with Crippen molar-refractivity contribution in [3.63, 3.8) is 0 Å².